The number of hydrogen-bond acceptors (Lipinski definition) is 1. The summed E-state index contributed by atoms with van der Waals surface area (Å²) in [5, 5.41) is 0. The van der Waals surface area contributed by atoms with Crippen LogP contribution in [0.2, 0.25) is 0 Å². The van der Waals surface area contributed by atoms with Crippen LogP contribution in [0.15, 0.2) is 17.1 Å². The van der Waals surface area contributed by atoms with Crippen molar-refractivity contribution >= 4 is 6.21 Å². The summed E-state index contributed by atoms with van der Waals surface area (Å²) in [6.45, 7) is 0.983. The molecule has 0 N–H and O–H groups in total. The molecule has 0 fully saturated rings. The number of rotatable bonds is 0. The van der Waals surface area contributed by atoms with Crippen molar-refractivity contribution in [1.82, 2.24) is 0 Å². The number of hydrogen-bond donors (Lipinski definition) is 0. The number of allylic oxidation sites excluding steroid dienone is 1. The molecule has 0 saturated carbocycles. The highest BCUT2D eigenvalue weighted by atomic mass is 14.7. The lowest BCUT2D eigenvalue weighted by Crippen LogP contribution is -1.77. The fourth-order valence-electron chi connectivity index (χ4n) is 0.894. The second-order valence-corrected chi connectivity index (χ2v) is 2.28. The van der Waals surface area contributed by atoms with E-state index in [1.54, 1.807) is 0 Å². The lowest BCUT2D eigenvalue weighted by molar-refractivity contribution is 0.904. The molecular formula is C8H13N. The third-order valence-electron chi connectivity index (χ3n) is 1.42. The van der Waals surface area contributed by atoms with Gasteiger partial charge in [-0.25, -0.2) is 0 Å². The summed E-state index contributed by atoms with van der Waals surface area (Å²) in [6, 6.07) is 0. The molecule has 1 heterocycles. The monoisotopic (exact) mass is 123 g/mol. The van der Waals surface area contributed by atoms with E-state index in [9.17, 15) is 0 Å². The van der Waals surface area contributed by atoms with Crippen LogP contribution in [0, 0.1) is 0 Å². The smallest absolute Gasteiger partial charge is 0.0419 e. The minimum absolute atomic E-state index is 0.983. The van der Waals surface area contributed by atoms with Crippen LogP contribution in [0.4, 0.5) is 0 Å². The SMILES string of the molecule is C1=CCCN=CCCC1. The highest BCUT2D eigenvalue weighted by Crippen LogP contribution is 1.98. The third kappa shape index (κ3) is 3.07. The zero-order valence-corrected chi connectivity index (χ0v) is 5.71. The molecule has 0 aliphatic carbocycles. The molecule has 0 saturated heterocycles. The van der Waals surface area contributed by atoms with Crippen molar-refractivity contribution in [3.05, 3.63) is 12.2 Å². The molecule has 0 aromatic rings. The minimum Gasteiger partial charge on any atom is -0.297 e. The van der Waals surface area contributed by atoms with Gasteiger partial charge in [0.2, 0.25) is 0 Å². The average molecular weight is 123 g/mol. The molecule has 0 aromatic carbocycles. The predicted octanol–water partition coefficient (Wildman–Crippen LogP) is 2.19. The van der Waals surface area contributed by atoms with E-state index in [4.69, 9.17) is 0 Å². The van der Waals surface area contributed by atoms with Crippen LogP contribution in [0.1, 0.15) is 25.7 Å². The lowest BCUT2D eigenvalue weighted by Gasteiger charge is -1.85. The Morgan fingerprint density at radius 3 is 2.89 bits per heavy atom. The van der Waals surface area contributed by atoms with Gasteiger partial charge >= 0.3 is 0 Å². The highest BCUT2D eigenvalue weighted by molar-refractivity contribution is 5.57. The molecule has 9 heavy (non-hydrogen) atoms. The van der Waals surface area contributed by atoms with E-state index in [-0.39, 0.29) is 0 Å². The lowest BCUT2D eigenvalue weighted by atomic mass is 10.2. The van der Waals surface area contributed by atoms with Crippen molar-refractivity contribution in [2.75, 3.05) is 6.54 Å². The average Bonchev–Trinajstić information content (AvgIpc) is 2.00. The van der Waals surface area contributed by atoms with Crippen LogP contribution in [0.25, 0.3) is 0 Å². The maximum Gasteiger partial charge on any atom is 0.0419 e. The summed E-state index contributed by atoms with van der Waals surface area (Å²) in [6.07, 6.45) is 11.3. The van der Waals surface area contributed by atoms with Crippen molar-refractivity contribution in [1.29, 1.82) is 0 Å². The Morgan fingerprint density at radius 1 is 1.00 bits per heavy atom. The summed E-state index contributed by atoms with van der Waals surface area (Å²) < 4.78 is 0. The zero-order chi connectivity index (χ0) is 6.36. The Labute approximate surface area is 56.5 Å². The van der Waals surface area contributed by atoms with Crippen molar-refractivity contribution in [3.8, 4) is 0 Å². The molecule has 50 valence electrons. The Balaban J connectivity index is 2.28. The van der Waals surface area contributed by atoms with Gasteiger partial charge in [-0.1, -0.05) is 12.2 Å². The Hall–Kier alpha value is -0.590. The van der Waals surface area contributed by atoms with E-state index in [1.807, 2.05) is 6.21 Å². The zero-order valence-electron chi connectivity index (χ0n) is 5.71. The molecule has 0 spiro atoms. The summed E-state index contributed by atoms with van der Waals surface area (Å²) in [5.41, 5.74) is 0. The quantitative estimate of drug-likeness (QED) is 0.438. The van der Waals surface area contributed by atoms with Crippen LogP contribution >= 0.6 is 0 Å². The molecule has 0 radical (unpaired) electrons. The summed E-state index contributed by atoms with van der Waals surface area (Å²) in [5.74, 6) is 0. The third-order valence-corrected chi connectivity index (χ3v) is 1.42. The van der Waals surface area contributed by atoms with Gasteiger partial charge in [0.1, 0.15) is 0 Å². The van der Waals surface area contributed by atoms with E-state index in [1.165, 1.54) is 12.8 Å². The fraction of sp³-hybridized carbons (Fsp3) is 0.625. The summed E-state index contributed by atoms with van der Waals surface area (Å²) in [7, 11) is 0. The van der Waals surface area contributed by atoms with Crippen LogP contribution in [0.5, 0.6) is 0 Å². The van der Waals surface area contributed by atoms with E-state index >= 15 is 0 Å². The second-order valence-electron chi connectivity index (χ2n) is 2.28. The van der Waals surface area contributed by atoms with Crippen LogP contribution < -0.4 is 0 Å². The molecule has 0 atom stereocenters. The van der Waals surface area contributed by atoms with Crippen molar-refractivity contribution in [2.45, 2.75) is 25.7 Å². The predicted molar refractivity (Wildman–Crippen MR) is 41.0 cm³/mol. The maximum absolute atomic E-state index is 4.21. The minimum atomic E-state index is 0.983. The van der Waals surface area contributed by atoms with Crippen LogP contribution in [0.3, 0.4) is 0 Å². The van der Waals surface area contributed by atoms with Gasteiger partial charge in [0.05, 0.1) is 0 Å². The van der Waals surface area contributed by atoms with Gasteiger partial charge in [-0.2, -0.15) is 0 Å². The van der Waals surface area contributed by atoms with Gasteiger partial charge in [0.15, 0.2) is 0 Å². The van der Waals surface area contributed by atoms with E-state index in [0.29, 0.717) is 0 Å². The second kappa shape index (κ2) is 4.30. The molecule has 0 aromatic heterocycles. The standard InChI is InChI=1S/C8H13N/c1-2-4-6-8-9-7-5-3-1/h1,3,8H,2,4-7H2. The molecule has 1 nitrogen and oxygen atoms in total. The molecule has 0 bridgehead atoms. The van der Waals surface area contributed by atoms with Gasteiger partial charge in [-0.3, -0.25) is 4.99 Å². The van der Waals surface area contributed by atoms with Crippen LogP contribution in [-0.4, -0.2) is 12.8 Å². The molecule has 1 aliphatic rings. The number of aliphatic imine (C=N–C) groups is 1. The molecule has 1 heteroatoms. The normalized spacial score (nSPS) is 20.4. The summed E-state index contributed by atoms with van der Waals surface area (Å²) in [4.78, 5) is 4.21. The van der Waals surface area contributed by atoms with Gasteiger partial charge in [-0.05, 0) is 31.9 Å². The Bertz CT molecular complexity index is 99.7. The van der Waals surface area contributed by atoms with Crippen molar-refractivity contribution in [3.63, 3.8) is 0 Å². The van der Waals surface area contributed by atoms with E-state index in [2.05, 4.69) is 17.1 Å². The van der Waals surface area contributed by atoms with Crippen molar-refractivity contribution < 1.29 is 0 Å². The summed E-state index contributed by atoms with van der Waals surface area (Å²) >= 11 is 0. The van der Waals surface area contributed by atoms with Gasteiger partial charge in [-0.15, -0.1) is 0 Å². The van der Waals surface area contributed by atoms with E-state index < -0.39 is 0 Å². The first kappa shape index (κ1) is 6.53. The maximum atomic E-state index is 4.21. The fourth-order valence-corrected chi connectivity index (χ4v) is 0.894. The highest BCUT2D eigenvalue weighted by Gasteiger charge is 1.84. The Kier molecular flexibility index (Phi) is 3.12. The largest absolute Gasteiger partial charge is 0.297 e. The Morgan fingerprint density at radius 2 is 1.89 bits per heavy atom. The first-order chi connectivity index (χ1) is 4.50. The van der Waals surface area contributed by atoms with Gasteiger partial charge in [0.25, 0.3) is 0 Å². The van der Waals surface area contributed by atoms with Gasteiger partial charge < -0.3 is 0 Å². The first-order valence-electron chi connectivity index (χ1n) is 3.63. The topological polar surface area (TPSA) is 12.4 Å². The van der Waals surface area contributed by atoms with E-state index in [0.717, 1.165) is 19.4 Å². The van der Waals surface area contributed by atoms with Crippen LogP contribution in [-0.2, 0) is 0 Å². The van der Waals surface area contributed by atoms with Crippen molar-refractivity contribution in [2.24, 2.45) is 4.99 Å². The number of nitrogens with zero attached hydrogens (tertiary/aromatic N) is 1. The molecular weight excluding hydrogens is 110 g/mol. The molecule has 1 aliphatic heterocycles. The van der Waals surface area contributed by atoms with Gasteiger partial charge in [0, 0.05) is 6.54 Å². The molecule has 0 unspecified atom stereocenters. The molecule has 1 rings (SSSR count). The first-order valence-corrected chi connectivity index (χ1v) is 3.63. The molecule has 0 amide bonds.